The Bertz CT molecular complexity index is 694. The second-order valence-electron chi connectivity index (χ2n) is 4.76. The number of hydrogen-bond acceptors (Lipinski definition) is 4. The number of rotatable bonds is 6. The highest BCUT2D eigenvalue weighted by Gasteiger charge is 2.16. The van der Waals surface area contributed by atoms with Crippen molar-refractivity contribution in [3.8, 4) is 0 Å². The second kappa shape index (κ2) is 6.99. The van der Waals surface area contributed by atoms with E-state index in [-0.39, 0.29) is 11.3 Å². The number of aromatic nitrogens is 2. The summed E-state index contributed by atoms with van der Waals surface area (Å²) in [6.07, 6.45) is 2.92. The van der Waals surface area contributed by atoms with Crippen molar-refractivity contribution in [2.24, 2.45) is 0 Å². The Morgan fingerprint density at radius 2 is 2.00 bits per heavy atom. The van der Waals surface area contributed by atoms with Gasteiger partial charge in [-0.15, -0.1) is 0 Å². The molecule has 2 rings (SSSR count). The number of amides is 1. The fourth-order valence-electron chi connectivity index (χ4n) is 2.21. The van der Waals surface area contributed by atoms with Crippen LogP contribution in [0, 0.1) is 0 Å². The highest BCUT2D eigenvalue weighted by Crippen LogP contribution is 2.13. The number of carbonyl (C=O) groups is 1. The number of nitrogens with one attached hydrogen (secondary N) is 1. The van der Waals surface area contributed by atoms with Crippen LogP contribution >= 0.6 is 0 Å². The maximum Gasteiger partial charge on any atom is 0.295 e. The SMILES string of the molecule is CCCCCn1nc(C(=O)NOC)c2ccccc2c1=O. The summed E-state index contributed by atoms with van der Waals surface area (Å²) in [6, 6.07) is 6.97. The van der Waals surface area contributed by atoms with E-state index in [2.05, 4.69) is 22.3 Å². The molecule has 0 spiro atoms. The van der Waals surface area contributed by atoms with Gasteiger partial charge in [0, 0.05) is 11.9 Å². The fourth-order valence-corrected chi connectivity index (χ4v) is 2.21. The Balaban J connectivity index is 2.52. The molecule has 0 saturated heterocycles. The van der Waals surface area contributed by atoms with E-state index in [0.29, 0.717) is 17.3 Å². The van der Waals surface area contributed by atoms with Gasteiger partial charge in [0.2, 0.25) is 0 Å². The van der Waals surface area contributed by atoms with Gasteiger partial charge >= 0.3 is 0 Å². The maximum absolute atomic E-state index is 12.4. The standard InChI is InChI=1S/C15H19N3O3/c1-3-4-7-10-18-15(20)12-9-6-5-8-11(12)13(16-18)14(19)17-21-2/h5-6,8-9H,3-4,7,10H2,1-2H3,(H,17,19). The molecular weight excluding hydrogens is 270 g/mol. The lowest BCUT2D eigenvalue weighted by molar-refractivity contribution is 0.0532. The fraction of sp³-hybridized carbons (Fsp3) is 0.400. The van der Waals surface area contributed by atoms with Crippen LogP contribution in [0.5, 0.6) is 0 Å². The van der Waals surface area contributed by atoms with Gasteiger partial charge in [-0.1, -0.05) is 38.0 Å². The maximum atomic E-state index is 12.4. The summed E-state index contributed by atoms with van der Waals surface area (Å²) in [7, 11) is 1.36. The molecule has 0 aliphatic heterocycles. The van der Waals surface area contributed by atoms with E-state index in [0.717, 1.165) is 19.3 Å². The lowest BCUT2D eigenvalue weighted by atomic mass is 10.1. The summed E-state index contributed by atoms with van der Waals surface area (Å²) >= 11 is 0. The quantitative estimate of drug-likeness (QED) is 0.651. The molecule has 1 aromatic heterocycles. The molecule has 6 heteroatoms. The molecule has 6 nitrogen and oxygen atoms in total. The van der Waals surface area contributed by atoms with Crippen molar-refractivity contribution >= 4 is 16.7 Å². The molecular formula is C15H19N3O3. The molecule has 0 aliphatic rings. The Kier molecular flexibility index (Phi) is 5.05. The second-order valence-corrected chi connectivity index (χ2v) is 4.76. The van der Waals surface area contributed by atoms with Crippen molar-refractivity contribution in [2.45, 2.75) is 32.7 Å². The van der Waals surface area contributed by atoms with Crippen LogP contribution in [0.2, 0.25) is 0 Å². The summed E-state index contributed by atoms with van der Waals surface area (Å²) in [5.41, 5.74) is 2.28. The van der Waals surface area contributed by atoms with E-state index in [9.17, 15) is 9.59 Å². The van der Waals surface area contributed by atoms with Gasteiger partial charge in [-0.25, -0.2) is 10.2 Å². The number of aryl methyl sites for hydroxylation is 1. The van der Waals surface area contributed by atoms with Crippen LogP contribution in [0.1, 0.15) is 36.7 Å². The molecule has 2 aromatic rings. The van der Waals surface area contributed by atoms with Gasteiger partial charge in [-0.3, -0.25) is 14.4 Å². The number of hydrogen-bond donors (Lipinski definition) is 1. The third kappa shape index (κ3) is 3.28. The van der Waals surface area contributed by atoms with E-state index in [1.54, 1.807) is 24.3 Å². The molecule has 0 unspecified atom stereocenters. The van der Waals surface area contributed by atoms with Crippen molar-refractivity contribution in [1.82, 2.24) is 15.3 Å². The number of fused-ring (bicyclic) bond motifs is 1. The highest BCUT2D eigenvalue weighted by molar-refractivity contribution is 6.04. The molecule has 0 saturated carbocycles. The number of nitrogens with zero attached hydrogens (tertiary/aromatic N) is 2. The third-order valence-corrected chi connectivity index (χ3v) is 3.25. The molecule has 1 heterocycles. The van der Waals surface area contributed by atoms with E-state index < -0.39 is 5.91 Å². The summed E-state index contributed by atoms with van der Waals surface area (Å²) in [4.78, 5) is 29.1. The smallest absolute Gasteiger partial charge is 0.277 e. The Morgan fingerprint density at radius 1 is 1.29 bits per heavy atom. The Morgan fingerprint density at radius 3 is 2.67 bits per heavy atom. The number of hydroxylamine groups is 1. The van der Waals surface area contributed by atoms with Crippen LogP contribution in [-0.2, 0) is 11.4 Å². The average molecular weight is 289 g/mol. The first kappa shape index (κ1) is 15.2. The number of carbonyl (C=O) groups excluding carboxylic acids is 1. The van der Waals surface area contributed by atoms with Crippen LogP contribution in [-0.4, -0.2) is 22.8 Å². The lowest BCUT2D eigenvalue weighted by Gasteiger charge is -2.10. The van der Waals surface area contributed by atoms with Gasteiger partial charge in [0.05, 0.1) is 12.5 Å². The van der Waals surface area contributed by atoms with Gasteiger partial charge in [0.25, 0.3) is 11.5 Å². The zero-order valence-electron chi connectivity index (χ0n) is 12.3. The molecule has 0 radical (unpaired) electrons. The van der Waals surface area contributed by atoms with Crippen molar-refractivity contribution in [3.05, 3.63) is 40.3 Å². The predicted molar refractivity (Wildman–Crippen MR) is 80.0 cm³/mol. The topological polar surface area (TPSA) is 73.2 Å². The van der Waals surface area contributed by atoms with E-state index in [4.69, 9.17) is 0 Å². The van der Waals surface area contributed by atoms with E-state index in [1.807, 2.05) is 0 Å². The van der Waals surface area contributed by atoms with Gasteiger partial charge in [0.1, 0.15) is 0 Å². The molecule has 1 N–H and O–H groups in total. The molecule has 0 fully saturated rings. The molecule has 112 valence electrons. The molecule has 1 aromatic carbocycles. The first-order valence-electron chi connectivity index (χ1n) is 7.02. The number of benzene rings is 1. The van der Waals surface area contributed by atoms with Crippen molar-refractivity contribution in [1.29, 1.82) is 0 Å². The summed E-state index contributed by atoms with van der Waals surface area (Å²) in [5, 5.41) is 5.23. The zero-order chi connectivity index (χ0) is 15.2. The molecule has 21 heavy (non-hydrogen) atoms. The summed E-state index contributed by atoms with van der Waals surface area (Å²) in [5.74, 6) is -0.460. The van der Waals surface area contributed by atoms with Crippen LogP contribution in [0.25, 0.3) is 10.8 Å². The summed E-state index contributed by atoms with van der Waals surface area (Å²) < 4.78 is 1.36. The summed E-state index contributed by atoms with van der Waals surface area (Å²) in [6.45, 7) is 2.60. The lowest BCUT2D eigenvalue weighted by Crippen LogP contribution is -2.30. The normalized spacial score (nSPS) is 10.8. The monoisotopic (exact) mass is 289 g/mol. The minimum absolute atomic E-state index is 0.171. The van der Waals surface area contributed by atoms with Crippen molar-refractivity contribution in [2.75, 3.05) is 7.11 Å². The molecule has 0 atom stereocenters. The van der Waals surface area contributed by atoms with Crippen molar-refractivity contribution in [3.63, 3.8) is 0 Å². The van der Waals surface area contributed by atoms with Crippen LogP contribution in [0.4, 0.5) is 0 Å². The van der Waals surface area contributed by atoms with Gasteiger partial charge in [-0.2, -0.15) is 5.10 Å². The Hall–Kier alpha value is -2.21. The molecule has 1 amide bonds. The van der Waals surface area contributed by atoms with Crippen molar-refractivity contribution < 1.29 is 9.63 Å². The largest absolute Gasteiger partial charge is 0.295 e. The van der Waals surface area contributed by atoms with Crippen LogP contribution in [0.15, 0.2) is 29.1 Å². The van der Waals surface area contributed by atoms with E-state index >= 15 is 0 Å². The molecule has 0 aliphatic carbocycles. The average Bonchev–Trinajstić information content (AvgIpc) is 2.50. The van der Waals surface area contributed by atoms with Gasteiger partial charge < -0.3 is 0 Å². The number of unbranched alkanes of at least 4 members (excludes halogenated alkanes) is 2. The van der Waals surface area contributed by atoms with Crippen LogP contribution in [0.3, 0.4) is 0 Å². The van der Waals surface area contributed by atoms with E-state index in [1.165, 1.54) is 11.8 Å². The minimum atomic E-state index is -0.460. The Labute approximate surface area is 122 Å². The zero-order valence-corrected chi connectivity index (χ0v) is 12.3. The van der Waals surface area contributed by atoms with Crippen LogP contribution < -0.4 is 11.0 Å². The first-order valence-corrected chi connectivity index (χ1v) is 7.02. The minimum Gasteiger partial charge on any atom is -0.277 e. The molecule has 0 bridgehead atoms. The van der Waals surface area contributed by atoms with Gasteiger partial charge in [0.15, 0.2) is 5.69 Å². The third-order valence-electron chi connectivity index (χ3n) is 3.25. The predicted octanol–water partition coefficient (Wildman–Crippen LogP) is 1.88. The first-order chi connectivity index (χ1) is 10.2. The van der Waals surface area contributed by atoms with Gasteiger partial charge in [-0.05, 0) is 12.5 Å². The highest BCUT2D eigenvalue weighted by atomic mass is 16.6.